The van der Waals surface area contributed by atoms with Gasteiger partial charge in [0.1, 0.15) is 0 Å². The summed E-state index contributed by atoms with van der Waals surface area (Å²) in [6.45, 7) is 2.17. The van der Waals surface area contributed by atoms with Crippen molar-refractivity contribution >= 4 is 15.9 Å². The Morgan fingerprint density at radius 1 is 1.23 bits per heavy atom. The molecule has 124 valence electrons. The van der Waals surface area contributed by atoms with Gasteiger partial charge in [0.2, 0.25) is 15.9 Å². The lowest BCUT2D eigenvalue weighted by molar-refractivity contribution is -0.137. The molecule has 1 aromatic carbocycles. The first-order chi connectivity index (χ1) is 10.2. The van der Waals surface area contributed by atoms with Crippen LogP contribution in [0.4, 0.5) is 13.2 Å². The van der Waals surface area contributed by atoms with Crippen LogP contribution in [0.25, 0.3) is 0 Å². The highest BCUT2D eigenvalue weighted by Gasteiger charge is 2.31. The van der Waals surface area contributed by atoms with Crippen LogP contribution < -0.4 is 10.0 Å². The van der Waals surface area contributed by atoms with Gasteiger partial charge >= 0.3 is 6.18 Å². The van der Waals surface area contributed by atoms with Crippen LogP contribution in [0, 0.1) is 0 Å². The number of halogens is 3. The summed E-state index contributed by atoms with van der Waals surface area (Å²) in [5, 5.41) is 2.56. The zero-order valence-corrected chi connectivity index (χ0v) is 12.7. The first kappa shape index (κ1) is 18.4. The molecule has 0 aromatic heterocycles. The summed E-state index contributed by atoms with van der Waals surface area (Å²) >= 11 is 0. The van der Waals surface area contributed by atoms with E-state index in [-0.39, 0.29) is 18.9 Å². The van der Waals surface area contributed by atoms with Crippen molar-refractivity contribution in [3.05, 3.63) is 29.8 Å². The number of benzene rings is 1. The van der Waals surface area contributed by atoms with Crippen molar-refractivity contribution < 1.29 is 26.4 Å². The fourth-order valence-electron chi connectivity index (χ4n) is 1.57. The van der Waals surface area contributed by atoms with Crippen molar-refractivity contribution in [3.8, 4) is 0 Å². The van der Waals surface area contributed by atoms with Crippen LogP contribution >= 0.6 is 0 Å². The molecular weight excluding hydrogens is 321 g/mol. The largest absolute Gasteiger partial charge is 0.416 e. The highest BCUT2D eigenvalue weighted by Crippen LogP contribution is 2.30. The summed E-state index contributed by atoms with van der Waals surface area (Å²) in [7, 11) is -4.09. The molecule has 0 aliphatic heterocycles. The summed E-state index contributed by atoms with van der Waals surface area (Å²) in [5.41, 5.74) is -1.05. The van der Waals surface area contributed by atoms with Crippen molar-refractivity contribution in [2.45, 2.75) is 30.8 Å². The van der Waals surface area contributed by atoms with Gasteiger partial charge < -0.3 is 5.32 Å². The van der Waals surface area contributed by atoms with Gasteiger partial charge in [-0.15, -0.1) is 0 Å². The number of hydrogen-bond donors (Lipinski definition) is 2. The summed E-state index contributed by atoms with van der Waals surface area (Å²) in [5.74, 6) is -0.325. The fraction of sp³-hybridized carbons (Fsp3) is 0.462. The normalized spacial score (nSPS) is 12.2. The quantitative estimate of drug-likeness (QED) is 0.797. The number of nitrogens with one attached hydrogen (secondary N) is 2. The van der Waals surface area contributed by atoms with Crippen molar-refractivity contribution in [2.24, 2.45) is 0 Å². The van der Waals surface area contributed by atoms with Gasteiger partial charge in [-0.3, -0.25) is 4.79 Å². The van der Waals surface area contributed by atoms with E-state index in [4.69, 9.17) is 0 Å². The average molecular weight is 338 g/mol. The number of rotatable bonds is 7. The highest BCUT2D eigenvalue weighted by atomic mass is 32.2. The third kappa shape index (κ3) is 5.64. The topological polar surface area (TPSA) is 75.3 Å². The number of carbonyl (C=O) groups is 1. The third-order valence-electron chi connectivity index (χ3n) is 2.69. The summed E-state index contributed by atoms with van der Waals surface area (Å²) in [6, 6.07) is 3.43. The maximum absolute atomic E-state index is 12.6. The molecule has 0 fully saturated rings. The molecule has 0 radical (unpaired) electrons. The standard InChI is InChI=1S/C13H17F3N2O3S/c1-2-7-17-12(19)6-8-18-22(20,21)11-5-3-4-10(9-11)13(14,15)16/h3-5,9,18H,2,6-8H2,1H3,(H,17,19). The second-order valence-electron chi connectivity index (χ2n) is 4.52. The van der Waals surface area contributed by atoms with Crippen LogP contribution in [0.5, 0.6) is 0 Å². The van der Waals surface area contributed by atoms with Gasteiger partial charge in [0.15, 0.2) is 0 Å². The molecule has 2 N–H and O–H groups in total. The average Bonchev–Trinajstić information content (AvgIpc) is 2.44. The van der Waals surface area contributed by atoms with Gasteiger partial charge in [-0.25, -0.2) is 13.1 Å². The molecule has 1 amide bonds. The van der Waals surface area contributed by atoms with E-state index in [1.54, 1.807) is 0 Å². The SMILES string of the molecule is CCCNC(=O)CCNS(=O)(=O)c1cccc(C(F)(F)F)c1. The molecule has 0 heterocycles. The lowest BCUT2D eigenvalue weighted by Gasteiger charge is -2.10. The zero-order chi connectivity index (χ0) is 16.8. The lowest BCUT2D eigenvalue weighted by atomic mass is 10.2. The predicted octanol–water partition coefficient (Wildman–Crippen LogP) is 1.90. The fourth-order valence-corrected chi connectivity index (χ4v) is 2.65. The van der Waals surface area contributed by atoms with Crippen LogP contribution in [0.1, 0.15) is 25.3 Å². The molecule has 9 heteroatoms. The Balaban J connectivity index is 2.69. The minimum absolute atomic E-state index is 0.0851. The summed E-state index contributed by atoms with van der Waals surface area (Å²) in [6.07, 6.45) is -3.95. The van der Waals surface area contributed by atoms with Crippen LogP contribution in [0.3, 0.4) is 0 Å². The van der Waals surface area contributed by atoms with Crippen LogP contribution in [0.2, 0.25) is 0 Å². The molecule has 1 rings (SSSR count). The van der Waals surface area contributed by atoms with Gasteiger partial charge in [0.05, 0.1) is 10.5 Å². The van der Waals surface area contributed by atoms with Crippen molar-refractivity contribution in [1.82, 2.24) is 10.0 Å². The molecule has 5 nitrogen and oxygen atoms in total. The van der Waals surface area contributed by atoms with E-state index < -0.39 is 26.7 Å². The van der Waals surface area contributed by atoms with Gasteiger partial charge in [-0.2, -0.15) is 13.2 Å². The minimum atomic E-state index is -4.62. The maximum Gasteiger partial charge on any atom is 0.416 e. The van der Waals surface area contributed by atoms with Gasteiger partial charge in [0, 0.05) is 19.5 Å². The van der Waals surface area contributed by atoms with E-state index in [1.807, 2.05) is 6.92 Å². The Morgan fingerprint density at radius 3 is 2.50 bits per heavy atom. The van der Waals surface area contributed by atoms with Gasteiger partial charge in [-0.1, -0.05) is 13.0 Å². The Morgan fingerprint density at radius 2 is 1.91 bits per heavy atom. The smallest absolute Gasteiger partial charge is 0.356 e. The van der Waals surface area contributed by atoms with E-state index in [0.29, 0.717) is 12.6 Å². The molecule has 0 aliphatic rings. The molecule has 0 aliphatic carbocycles. The number of hydrogen-bond acceptors (Lipinski definition) is 3. The van der Waals surface area contributed by atoms with Crippen molar-refractivity contribution in [1.29, 1.82) is 0 Å². The number of sulfonamides is 1. The zero-order valence-electron chi connectivity index (χ0n) is 11.9. The van der Waals surface area contributed by atoms with Crippen molar-refractivity contribution in [3.63, 3.8) is 0 Å². The highest BCUT2D eigenvalue weighted by molar-refractivity contribution is 7.89. The summed E-state index contributed by atoms with van der Waals surface area (Å²) < 4.78 is 63.6. The van der Waals surface area contributed by atoms with Crippen molar-refractivity contribution in [2.75, 3.05) is 13.1 Å². The molecular formula is C13H17F3N2O3S. The molecule has 22 heavy (non-hydrogen) atoms. The first-order valence-electron chi connectivity index (χ1n) is 6.60. The minimum Gasteiger partial charge on any atom is -0.356 e. The monoisotopic (exact) mass is 338 g/mol. The molecule has 0 bridgehead atoms. The van der Waals surface area contributed by atoms with E-state index in [0.717, 1.165) is 24.6 Å². The Hall–Kier alpha value is -1.61. The number of carbonyl (C=O) groups excluding carboxylic acids is 1. The van der Waals surface area contributed by atoms with E-state index in [9.17, 15) is 26.4 Å². The first-order valence-corrected chi connectivity index (χ1v) is 8.08. The van der Waals surface area contributed by atoms with E-state index in [1.165, 1.54) is 0 Å². The van der Waals surface area contributed by atoms with E-state index in [2.05, 4.69) is 10.0 Å². The second-order valence-corrected chi connectivity index (χ2v) is 6.29. The lowest BCUT2D eigenvalue weighted by Crippen LogP contribution is -2.31. The van der Waals surface area contributed by atoms with E-state index >= 15 is 0 Å². The molecule has 1 aromatic rings. The van der Waals surface area contributed by atoms with Crippen LogP contribution in [-0.4, -0.2) is 27.4 Å². The third-order valence-corrected chi connectivity index (χ3v) is 4.15. The molecule has 0 spiro atoms. The molecule has 0 saturated carbocycles. The van der Waals surface area contributed by atoms with Crippen LogP contribution in [0.15, 0.2) is 29.2 Å². The Kier molecular flexibility index (Phi) is 6.36. The second kappa shape index (κ2) is 7.59. The number of alkyl halides is 3. The maximum atomic E-state index is 12.6. The summed E-state index contributed by atoms with van der Waals surface area (Å²) in [4.78, 5) is 10.8. The predicted molar refractivity (Wildman–Crippen MR) is 74.6 cm³/mol. The molecule has 0 unspecified atom stereocenters. The molecule has 0 atom stereocenters. The number of amides is 1. The van der Waals surface area contributed by atoms with Gasteiger partial charge in [0.25, 0.3) is 0 Å². The Bertz CT molecular complexity index is 615. The molecule has 0 saturated heterocycles. The van der Waals surface area contributed by atoms with Crippen LogP contribution in [-0.2, 0) is 21.0 Å². The Labute approximate surface area is 127 Å². The van der Waals surface area contributed by atoms with Gasteiger partial charge in [-0.05, 0) is 24.6 Å².